The van der Waals surface area contributed by atoms with E-state index in [1.165, 1.54) is 24.8 Å². The molecule has 0 aromatic rings. The second-order valence-electron chi connectivity index (χ2n) is 12.4. The van der Waals surface area contributed by atoms with Crippen molar-refractivity contribution in [2.75, 3.05) is 6.61 Å². The number of rotatable bonds is 3. The van der Waals surface area contributed by atoms with Crippen molar-refractivity contribution < 1.29 is 14.3 Å². The molecule has 0 aromatic carbocycles. The van der Waals surface area contributed by atoms with Gasteiger partial charge in [0.1, 0.15) is 0 Å². The molecule has 1 N–H and O–H groups in total. The van der Waals surface area contributed by atoms with Crippen LogP contribution in [0.15, 0.2) is 11.6 Å². The van der Waals surface area contributed by atoms with Crippen molar-refractivity contribution >= 4 is 14.1 Å². The predicted octanol–water partition coefficient (Wildman–Crippen LogP) is 5.88. The Balaban J connectivity index is 1.67. The lowest BCUT2D eigenvalue weighted by Gasteiger charge is -2.59. The summed E-state index contributed by atoms with van der Waals surface area (Å²) in [6, 6.07) is 0. The Morgan fingerprint density at radius 3 is 2.52 bits per heavy atom. The lowest BCUT2D eigenvalue weighted by Crippen LogP contribution is -2.55. The smallest absolute Gasteiger partial charge is 0.192 e. The monoisotopic (exact) mass is 418 g/mol. The second-order valence-corrected chi connectivity index (χ2v) is 17.2. The molecule has 4 rings (SSSR count). The summed E-state index contributed by atoms with van der Waals surface area (Å²) in [6.45, 7) is 14.8. The average Bonchev–Trinajstić information content (AvgIpc) is 2.94. The minimum Gasteiger partial charge on any atom is -0.416 e. The first-order chi connectivity index (χ1) is 13.4. The molecule has 4 aliphatic rings. The van der Waals surface area contributed by atoms with E-state index in [2.05, 4.69) is 40.8 Å². The number of carbonyl (C=O) groups excluding carboxylic acids is 1. The van der Waals surface area contributed by atoms with E-state index < -0.39 is 8.32 Å². The molecule has 4 heteroatoms. The van der Waals surface area contributed by atoms with Crippen LogP contribution in [-0.4, -0.2) is 31.9 Å². The highest BCUT2D eigenvalue weighted by Crippen LogP contribution is 2.65. The van der Waals surface area contributed by atoms with Crippen LogP contribution in [0.5, 0.6) is 0 Å². The number of aliphatic hydroxyl groups is 1. The number of hydrogen-bond acceptors (Lipinski definition) is 3. The summed E-state index contributed by atoms with van der Waals surface area (Å²) in [5.74, 6) is 2.25. The topological polar surface area (TPSA) is 46.5 Å². The van der Waals surface area contributed by atoms with Gasteiger partial charge in [0.25, 0.3) is 0 Å². The van der Waals surface area contributed by atoms with Crippen molar-refractivity contribution in [3.8, 4) is 0 Å². The summed E-state index contributed by atoms with van der Waals surface area (Å²) < 4.78 is 6.87. The molecule has 3 saturated carbocycles. The zero-order valence-electron chi connectivity index (χ0n) is 19.5. The highest BCUT2D eigenvalue weighted by Gasteiger charge is 2.60. The van der Waals surface area contributed by atoms with E-state index in [1.807, 2.05) is 6.08 Å². The fourth-order valence-electron chi connectivity index (χ4n) is 7.13. The molecule has 29 heavy (non-hydrogen) atoms. The fourth-order valence-corrected chi connectivity index (χ4v) is 8.18. The Morgan fingerprint density at radius 1 is 1.10 bits per heavy atom. The molecule has 0 heterocycles. The summed E-state index contributed by atoms with van der Waals surface area (Å²) in [5.41, 5.74) is 1.56. The van der Waals surface area contributed by atoms with Gasteiger partial charge in [0.2, 0.25) is 0 Å². The lowest BCUT2D eigenvalue weighted by molar-refractivity contribution is -0.119. The Hall–Kier alpha value is -0.453. The van der Waals surface area contributed by atoms with E-state index in [0.29, 0.717) is 30.0 Å². The molecule has 3 nitrogen and oxygen atoms in total. The zero-order valence-corrected chi connectivity index (χ0v) is 20.5. The first-order valence-corrected chi connectivity index (χ1v) is 14.9. The van der Waals surface area contributed by atoms with Crippen molar-refractivity contribution in [3.63, 3.8) is 0 Å². The Labute approximate surface area is 178 Å². The average molecular weight is 419 g/mol. The summed E-state index contributed by atoms with van der Waals surface area (Å²) in [4.78, 5) is 12.3. The first-order valence-electron chi connectivity index (χ1n) is 12.0. The van der Waals surface area contributed by atoms with Crippen molar-refractivity contribution in [2.45, 2.75) is 103 Å². The van der Waals surface area contributed by atoms with Gasteiger partial charge in [-0.1, -0.05) is 33.3 Å². The third-order valence-electron chi connectivity index (χ3n) is 10.1. The summed E-state index contributed by atoms with van der Waals surface area (Å²) in [7, 11) is -1.85. The van der Waals surface area contributed by atoms with Gasteiger partial charge >= 0.3 is 0 Å². The Morgan fingerprint density at radius 2 is 1.83 bits per heavy atom. The quantitative estimate of drug-likeness (QED) is 0.582. The van der Waals surface area contributed by atoms with Gasteiger partial charge in [-0.25, -0.2) is 0 Å². The van der Waals surface area contributed by atoms with Gasteiger partial charge in [-0.2, -0.15) is 0 Å². The molecular weight excluding hydrogens is 376 g/mol. The van der Waals surface area contributed by atoms with Crippen LogP contribution in [0.25, 0.3) is 0 Å². The highest BCUT2D eigenvalue weighted by atomic mass is 28.4. The molecule has 4 aliphatic carbocycles. The Kier molecular flexibility index (Phi) is 5.28. The summed E-state index contributed by atoms with van der Waals surface area (Å²) in [5, 5.41) is 10.9. The molecule has 6 atom stereocenters. The third-order valence-corrected chi connectivity index (χ3v) is 14.6. The van der Waals surface area contributed by atoms with Gasteiger partial charge in [-0.3, -0.25) is 4.79 Å². The minimum atomic E-state index is -1.85. The van der Waals surface area contributed by atoms with Gasteiger partial charge < -0.3 is 9.53 Å². The number of hydrogen-bond donors (Lipinski definition) is 1. The SMILES string of the molecule is CC(C)(C)[Si](C)(C)OC[C@]12CCC(=O)C=C1CC[C@@H]1[C@@H]2CC[C@]2(C)C(O)CC[C@@H]12. The molecule has 3 fully saturated rings. The zero-order chi connectivity index (χ0) is 21.2. The molecule has 164 valence electrons. The molecule has 0 aliphatic heterocycles. The van der Waals surface area contributed by atoms with Crippen LogP contribution in [0.4, 0.5) is 0 Å². The third kappa shape index (κ3) is 3.32. The molecule has 0 spiro atoms. The van der Waals surface area contributed by atoms with Crippen LogP contribution >= 0.6 is 0 Å². The Bertz CT molecular complexity index is 705. The van der Waals surface area contributed by atoms with E-state index in [4.69, 9.17) is 4.43 Å². The maximum Gasteiger partial charge on any atom is 0.192 e. The predicted molar refractivity (Wildman–Crippen MR) is 120 cm³/mol. The second kappa shape index (κ2) is 7.03. The fraction of sp³-hybridized carbons (Fsp3) is 0.880. The number of carbonyl (C=O) groups is 1. The largest absolute Gasteiger partial charge is 0.416 e. The minimum absolute atomic E-state index is 0.0568. The normalized spacial score (nSPS) is 42.7. The van der Waals surface area contributed by atoms with Crippen molar-refractivity contribution in [1.82, 2.24) is 0 Å². The van der Waals surface area contributed by atoms with Crippen LogP contribution in [-0.2, 0) is 9.22 Å². The van der Waals surface area contributed by atoms with Gasteiger partial charge in [0.05, 0.1) is 6.10 Å². The standard InChI is InChI=1S/C25H42O3Si/c1-23(2,3)29(5,6)28-16-25-14-11-18(26)15-17(25)7-8-19-20-9-10-22(27)24(20,4)13-12-21(19)25/h15,19-22,27H,7-14,16H2,1-6H3/t19-,20-,21-,22?,24-,25+/m0/s1. The highest BCUT2D eigenvalue weighted by molar-refractivity contribution is 6.74. The van der Waals surface area contributed by atoms with Crippen LogP contribution in [0, 0.1) is 28.6 Å². The van der Waals surface area contributed by atoms with Gasteiger partial charge in [-0.05, 0) is 92.3 Å². The van der Waals surface area contributed by atoms with E-state index in [0.717, 1.165) is 32.3 Å². The van der Waals surface area contributed by atoms with Crippen LogP contribution in [0.1, 0.15) is 79.1 Å². The number of fused-ring (bicyclic) bond motifs is 5. The van der Waals surface area contributed by atoms with E-state index in [1.54, 1.807) is 0 Å². The van der Waals surface area contributed by atoms with Gasteiger partial charge in [0.15, 0.2) is 14.1 Å². The van der Waals surface area contributed by atoms with Crippen molar-refractivity contribution in [2.24, 2.45) is 28.6 Å². The molecule has 0 saturated heterocycles. The molecule has 0 amide bonds. The summed E-state index contributed by atoms with van der Waals surface area (Å²) >= 11 is 0. The summed E-state index contributed by atoms with van der Waals surface area (Å²) in [6.07, 6.45) is 10.2. The van der Waals surface area contributed by atoms with E-state index in [-0.39, 0.29) is 22.0 Å². The van der Waals surface area contributed by atoms with Crippen LogP contribution in [0.2, 0.25) is 18.1 Å². The maximum absolute atomic E-state index is 12.3. The number of aliphatic hydroxyl groups excluding tert-OH is 1. The molecule has 0 aromatic heterocycles. The maximum atomic E-state index is 12.3. The van der Waals surface area contributed by atoms with E-state index in [9.17, 15) is 9.90 Å². The van der Waals surface area contributed by atoms with Gasteiger partial charge in [0, 0.05) is 18.4 Å². The van der Waals surface area contributed by atoms with Crippen molar-refractivity contribution in [1.29, 1.82) is 0 Å². The number of ketones is 1. The van der Waals surface area contributed by atoms with Gasteiger partial charge in [-0.15, -0.1) is 0 Å². The van der Waals surface area contributed by atoms with Crippen LogP contribution < -0.4 is 0 Å². The van der Waals surface area contributed by atoms with Crippen molar-refractivity contribution in [3.05, 3.63) is 11.6 Å². The molecule has 0 bridgehead atoms. The lowest BCUT2D eigenvalue weighted by atomic mass is 9.47. The molecule has 0 radical (unpaired) electrons. The molecule has 1 unspecified atom stereocenters. The van der Waals surface area contributed by atoms with Crippen LogP contribution in [0.3, 0.4) is 0 Å². The first kappa shape index (κ1) is 21.8. The molecular formula is C25H42O3Si. The van der Waals surface area contributed by atoms with E-state index >= 15 is 0 Å².